The summed E-state index contributed by atoms with van der Waals surface area (Å²) in [6.45, 7) is 3.52. The van der Waals surface area contributed by atoms with E-state index in [0.29, 0.717) is 4.57 Å². The number of rotatable bonds is 3. The van der Waals surface area contributed by atoms with Gasteiger partial charge in [0, 0.05) is 13.1 Å². The molecule has 2 atom stereocenters. The molecule has 2 aliphatic rings. The summed E-state index contributed by atoms with van der Waals surface area (Å²) in [5.41, 5.74) is -1.38. The van der Waals surface area contributed by atoms with Crippen molar-refractivity contribution in [3.63, 3.8) is 0 Å². The van der Waals surface area contributed by atoms with Gasteiger partial charge in [-0.1, -0.05) is 0 Å². The topological polar surface area (TPSA) is 67.7 Å². The van der Waals surface area contributed by atoms with E-state index >= 15 is 0 Å². The average Bonchev–Trinajstić information content (AvgIpc) is 2.57. The highest BCUT2D eigenvalue weighted by Gasteiger charge is 2.46. The standard InChI is InChI=1S/C16H20F4N4O3/c1-9-8-27-6-5-23(9)13-12(17)14(26)24-11(16(18,19)20)3-4-22(7-10(2)25)15(24)21-13/h9,11H,3-8H2,1-2H3/t9-,11?/m1/s1. The number of hydrogen-bond donors (Lipinski definition) is 0. The van der Waals surface area contributed by atoms with Crippen LogP contribution in [0.4, 0.5) is 29.3 Å². The van der Waals surface area contributed by atoms with E-state index in [-0.39, 0.29) is 56.4 Å². The highest BCUT2D eigenvalue weighted by atomic mass is 19.4. The third kappa shape index (κ3) is 3.64. The van der Waals surface area contributed by atoms with Crippen LogP contribution >= 0.6 is 0 Å². The normalized spacial score (nSPS) is 23.3. The molecule has 1 unspecified atom stereocenters. The summed E-state index contributed by atoms with van der Waals surface area (Å²) in [6.07, 6.45) is -5.19. The summed E-state index contributed by atoms with van der Waals surface area (Å²) in [4.78, 5) is 30.9. The van der Waals surface area contributed by atoms with Crippen LogP contribution in [0.1, 0.15) is 26.3 Å². The van der Waals surface area contributed by atoms with Crippen LogP contribution in [-0.2, 0) is 9.53 Å². The number of halogens is 4. The monoisotopic (exact) mass is 392 g/mol. The van der Waals surface area contributed by atoms with Crippen molar-refractivity contribution in [3.05, 3.63) is 16.2 Å². The van der Waals surface area contributed by atoms with Crippen molar-refractivity contribution in [3.8, 4) is 0 Å². The van der Waals surface area contributed by atoms with E-state index in [1.165, 1.54) is 16.7 Å². The van der Waals surface area contributed by atoms with Gasteiger partial charge in [0.25, 0.3) is 5.56 Å². The van der Waals surface area contributed by atoms with E-state index in [2.05, 4.69) is 4.98 Å². The maximum absolute atomic E-state index is 14.8. The number of ether oxygens (including phenoxy) is 1. The lowest BCUT2D eigenvalue weighted by atomic mass is 10.1. The number of carbonyl (C=O) groups excluding carboxylic acids is 1. The molecule has 27 heavy (non-hydrogen) atoms. The molecule has 0 bridgehead atoms. The van der Waals surface area contributed by atoms with Gasteiger partial charge in [-0.15, -0.1) is 0 Å². The number of alkyl halides is 3. The lowest BCUT2D eigenvalue weighted by Crippen LogP contribution is -2.50. The molecule has 1 aromatic rings. The van der Waals surface area contributed by atoms with E-state index in [1.807, 2.05) is 0 Å². The molecule has 3 rings (SSSR count). The minimum Gasteiger partial charge on any atom is -0.377 e. The number of hydrogen-bond acceptors (Lipinski definition) is 6. The molecule has 0 aliphatic carbocycles. The van der Waals surface area contributed by atoms with Crippen molar-refractivity contribution in [1.29, 1.82) is 0 Å². The molecule has 150 valence electrons. The quantitative estimate of drug-likeness (QED) is 0.727. The zero-order valence-electron chi connectivity index (χ0n) is 14.9. The number of aromatic nitrogens is 2. The van der Waals surface area contributed by atoms with Gasteiger partial charge in [-0.3, -0.25) is 14.2 Å². The maximum Gasteiger partial charge on any atom is 0.409 e. The van der Waals surface area contributed by atoms with Crippen LogP contribution in [0.5, 0.6) is 0 Å². The molecular formula is C16H20F4N4O3. The van der Waals surface area contributed by atoms with Crippen LogP contribution in [0.2, 0.25) is 0 Å². The fourth-order valence-electron chi connectivity index (χ4n) is 3.46. The Bertz CT molecular complexity index is 795. The number of fused-ring (bicyclic) bond motifs is 1. The first-order valence-corrected chi connectivity index (χ1v) is 8.58. The predicted octanol–water partition coefficient (Wildman–Crippen LogP) is 1.51. The Morgan fingerprint density at radius 2 is 2.04 bits per heavy atom. The van der Waals surface area contributed by atoms with Gasteiger partial charge < -0.3 is 14.5 Å². The molecule has 0 radical (unpaired) electrons. The minimum absolute atomic E-state index is 0.111. The summed E-state index contributed by atoms with van der Waals surface area (Å²) in [5, 5.41) is 0. The van der Waals surface area contributed by atoms with Crippen molar-refractivity contribution in [2.75, 3.05) is 42.6 Å². The third-order valence-electron chi connectivity index (χ3n) is 4.72. The van der Waals surface area contributed by atoms with Gasteiger partial charge in [0.15, 0.2) is 5.82 Å². The maximum atomic E-state index is 14.8. The van der Waals surface area contributed by atoms with Crippen LogP contribution in [0.15, 0.2) is 4.79 Å². The molecule has 1 fully saturated rings. The van der Waals surface area contributed by atoms with Crippen molar-refractivity contribution in [2.45, 2.75) is 38.5 Å². The first-order valence-electron chi connectivity index (χ1n) is 8.58. The van der Waals surface area contributed by atoms with Gasteiger partial charge >= 0.3 is 6.18 Å². The Hall–Kier alpha value is -2.17. The lowest BCUT2D eigenvalue weighted by Gasteiger charge is -2.38. The molecule has 7 nitrogen and oxygen atoms in total. The third-order valence-corrected chi connectivity index (χ3v) is 4.72. The van der Waals surface area contributed by atoms with Crippen LogP contribution in [0.3, 0.4) is 0 Å². The van der Waals surface area contributed by atoms with Crippen LogP contribution in [0.25, 0.3) is 0 Å². The molecule has 3 heterocycles. The summed E-state index contributed by atoms with van der Waals surface area (Å²) < 4.78 is 60.6. The molecule has 0 spiro atoms. The minimum atomic E-state index is -4.73. The molecule has 11 heteroatoms. The van der Waals surface area contributed by atoms with Gasteiger partial charge in [0.05, 0.1) is 25.8 Å². The van der Waals surface area contributed by atoms with Crippen LogP contribution in [-0.4, -0.2) is 60.4 Å². The molecule has 0 saturated carbocycles. The molecule has 1 aromatic heterocycles. The first-order chi connectivity index (χ1) is 12.6. The number of anilines is 2. The fourth-order valence-corrected chi connectivity index (χ4v) is 3.46. The second-order valence-electron chi connectivity index (χ2n) is 6.81. The Labute approximate surface area is 152 Å². The molecule has 2 aliphatic heterocycles. The van der Waals surface area contributed by atoms with Crippen LogP contribution in [0, 0.1) is 5.82 Å². The van der Waals surface area contributed by atoms with E-state index in [9.17, 15) is 27.2 Å². The first kappa shape index (κ1) is 19.6. The van der Waals surface area contributed by atoms with E-state index in [0.717, 1.165) is 0 Å². The Morgan fingerprint density at radius 3 is 2.63 bits per heavy atom. The SMILES string of the molecule is CC(=O)CN1CCC(C(F)(F)F)n2c1nc(N1CCOC[C@H]1C)c(F)c2=O. The van der Waals surface area contributed by atoms with Crippen molar-refractivity contribution in [1.82, 2.24) is 9.55 Å². The second kappa shape index (κ2) is 7.10. The predicted molar refractivity (Wildman–Crippen MR) is 88.7 cm³/mol. The highest BCUT2D eigenvalue weighted by Crippen LogP contribution is 2.38. The smallest absolute Gasteiger partial charge is 0.377 e. The summed E-state index contributed by atoms with van der Waals surface area (Å²) >= 11 is 0. The van der Waals surface area contributed by atoms with Gasteiger partial charge in [-0.05, 0) is 20.3 Å². The number of nitrogens with zero attached hydrogens (tertiary/aromatic N) is 4. The zero-order valence-corrected chi connectivity index (χ0v) is 14.9. The van der Waals surface area contributed by atoms with Gasteiger partial charge in [-0.2, -0.15) is 22.5 Å². The van der Waals surface area contributed by atoms with E-state index in [1.54, 1.807) is 6.92 Å². The number of carbonyl (C=O) groups is 1. The number of Topliss-reactive ketones (excluding diaryl/α,β-unsaturated/α-hetero) is 1. The molecular weight excluding hydrogens is 372 g/mol. The Balaban J connectivity index is 2.17. The molecule has 0 N–H and O–H groups in total. The molecule has 1 saturated heterocycles. The summed E-state index contributed by atoms with van der Waals surface area (Å²) in [5.74, 6) is -2.27. The molecule has 0 aromatic carbocycles. The number of ketones is 1. The highest BCUT2D eigenvalue weighted by molar-refractivity contribution is 5.80. The van der Waals surface area contributed by atoms with Gasteiger partial charge in [-0.25, -0.2) is 0 Å². The zero-order chi connectivity index (χ0) is 19.9. The van der Waals surface area contributed by atoms with E-state index in [4.69, 9.17) is 4.74 Å². The Morgan fingerprint density at radius 1 is 1.33 bits per heavy atom. The second-order valence-corrected chi connectivity index (χ2v) is 6.81. The van der Waals surface area contributed by atoms with Gasteiger partial charge in [0.2, 0.25) is 11.8 Å². The van der Waals surface area contributed by atoms with Crippen molar-refractivity contribution >= 4 is 17.5 Å². The Kier molecular flexibility index (Phi) is 5.15. The number of morpholine rings is 1. The average molecular weight is 392 g/mol. The molecule has 0 amide bonds. The fraction of sp³-hybridized carbons (Fsp3) is 0.688. The van der Waals surface area contributed by atoms with E-state index < -0.39 is 30.0 Å². The van der Waals surface area contributed by atoms with Crippen LogP contribution < -0.4 is 15.4 Å². The van der Waals surface area contributed by atoms with Gasteiger partial charge in [0.1, 0.15) is 11.8 Å². The van der Waals surface area contributed by atoms with Crippen molar-refractivity contribution < 1.29 is 27.1 Å². The summed E-state index contributed by atoms with van der Waals surface area (Å²) in [7, 11) is 0. The largest absolute Gasteiger partial charge is 0.409 e. The summed E-state index contributed by atoms with van der Waals surface area (Å²) in [6, 6.07) is -2.48. The van der Waals surface area contributed by atoms with Crippen molar-refractivity contribution in [2.24, 2.45) is 0 Å². The lowest BCUT2D eigenvalue weighted by molar-refractivity contribution is -0.171.